The molecule has 0 aromatic heterocycles. The van der Waals surface area contributed by atoms with Crippen molar-refractivity contribution in [3.8, 4) is 11.8 Å². The van der Waals surface area contributed by atoms with Gasteiger partial charge >= 0.3 is 0 Å². The Labute approximate surface area is 120 Å². The van der Waals surface area contributed by atoms with Crippen LogP contribution in [0.3, 0.4) is 0 Å². The molecule has 0 radical (unpaired) electrons. The summed E-state index contributed by atoms with van der Waals surface area (Å²) >= 11 is 0. The molecule has 0 aliphatic rings. The molecule has 1 heteroatoms. The fraction of sp³-hybridized carbons (Fsp3) is 0.158. The summed E-state index contributed by atoms with van der Waals surface area (Å²) in [6.07, 6.45) is 0.427. The minimum atomic E-state index is -0.941. The van der Waals surface area contributed by atoms with Gasteiger partial charge < -0.3 is 5.11 Å². The quantitative estimate of drug-likeness (QED) is 0.832. The third kappa shape index (κ3) is 3.85. The van der Waals surface area contributed by atoms with Crippen LogP contribution in [0.4, 0.5) is 0 Å². The van der Waals surface area contributed by atoms with Gasteiger partial charge in [-0.15, -0.1) is 0 Å². The molecule has 0 bridgehead atoms. The van der Waals surface area contributed by atoms with Gasteiger partial charge in [0.05, 0.1) is 5.60 Å². The molecular formula is C19H18O. The first-order chi connectivity index (χ1) is 9.58. The molecule has 0 saturated heterocycles. The lowest BCUT2D eigenvalue weighted by Gasteiger charge is -2.23. The van der Waals surface area contributed by atoms with Crippen molar-refractivity contribution in [1.29, 1.82) is 0 Å². The number of benzene rings is 2. The molecule has 0 heterocycles. The van der Waals surface area contributed by atoms with Gasteiger partial charge in [-0.05, 0) is 30.2 Å². The van der Waals surface area contributed by atoms with Crippen LogP contribution in [0.25, 0.3) is 0 Å². The molecule has 0 amide bonds. The van der Waals surface area contributed by atoms with Crippen molar-refractivity contribution < 1.29 is 5.11 Å². The smallest absolute Gasteiger partial charge is 0.0914 e. The van der Waals surface area contributed by atoms with E-state index in [1.54, 1.807) is 6.92 Å². The second-order valence-corrected chi connectivity index (χ2v) is 5.04. The standard InChI is InChI=1S/C19H18O/c1-16(13-14-17-9-5-3-6-10-17)15-19(2,20)18-11-7-4-8-12-18/h3-12,20H,1,15H2,2H3. The predicted octanol–water partition coefficient (Wildman–Crippen LogP) is 3.89. The Morgan fingerprint density at radius 3 is 2.20 bits per heavy atom. The molecule has 0 aliphatic heterocycles. The molecule has 2 rings (SSSR count). The van der Waals surface area contributed by atoms with Gasteiger partial charge in [-0.2, -0.15) is 0 Å². The molecular weight excluding hydrogens is 244 g/mol. The van der Waals surface area contributed by atoms with Crippen molar-refractivity contribution in [2.45, 2.75) is 18.9 Å². The van der Waals surface area contributed by atoms with Crippen LogP contribution in [0.5, 0.6) is 0 Å². The highest BCUT2D eigenvalue weighted by atomic mass is 16.3. The van der Waals surface area contributed by atoms with E-state index in [9.17, 15) is 5.11 Å². The van der Waals surface area contributed by atoms with Gasteiger partial charge in [0.2, 0.25) is 0 Å². The van der Waals surface area contributed by atoms with Gasteiger partial charge in [0.15, 0.2) is 0 Å². The summed E-state index contributed by atoms with van der Waals surface area (Å²) in [6, 6.07) is 19.4. The lowest BCUT2D eigenvalue weighted by Crippen LogP contribution is -2.21. The summed E-state index contributed by atoms with van der Waals surface area (Å²) in [5, 5.41) is 10.5. The predicted molar refractivity (Wildman–Crippen MR) is 83.1 cm³/mol. The van der Waals surface area contributed by atoms with Crippen molar-refractivity contribution in [2.75, 3.05) is 0 Å². The lowest BCUT2D eigenvalue weighted by molar-refractivity contribution is 0.0589. The minimum Gasteiger partial charge on any atom is -0.385 e. The van der Waals surface area contributed by atoms with Crippen LogP contribution in [-0.4, -0.2) is 5.11 Å². The molecule has 1 atom stereocenters. The minimum absolute atomic E-state index is 0.427. The van der Waals surface area contributed by atoms with E-state index in [2.05, 4.69) is 18.4 Å². The number of rotatable bonds is 3. The third-order valence-corrected chi connectivity index (χ3v) is 3.11. The molecule has 0 spiro atoms. The highest BCUT2D eigenvalue weighted by Gasteiger charge is 2.23. The maximum atomic E-state index is 10.5. The fourth-order valence-corrected chi connectivity index (χ4v) is 2.04. The van der Waals surface area contributed by atoms with E-state index in [1.165, 1.54) is 0 Å². The Balaban J connectivity index is 2.07. The molecule has 0 saturated carbocycles. The van der Waals surface area contributed by atoms with E-state index >= 15 is 0 Å². The maximum absolute atomic E-state index is 10.5. The zero-order valence-corrected chi connectivity index (χ0v) is 11.6. The van der Waals surface area contributed by atoms with Crippen LogP contribution in [-0.2, 0) is 5.60 Å². The number of hydrogen-bond acceptors (Lipinski definition) is 1. The van der Waals surface area contributed by atoms with E-state index in [1.807, 2.05) is 60.7 Å². The molecule has 20 heavy (non-hydrogen) atoms. The average Bonchev–Trinajstić information content (AvgIpc) is 2.47. The van der Waals surface area contributed by atoms with Crippen LogP contribution < -0.4 is 0 Å². The molecule has 1 N–H and O–H groups in total. The first-order valence-electron chi connectivity index (χ1n) is 6.61. The highest BCUT2D eigenvalue weighted by molar-refractivity contribution is 5.40. The maximum Gasteiger partial charge on any atom is 0.0914 e. The topological polar surface area (TPSA) is 20.2 Å². The summed E-state index contributed by atoms with van der Waals surface area (Å²) in [4.78, 5) is 0. The van der Waals surface area contributed by atoms with Crippen molar-refractivity contribution in [3.05, 3.63) is 83.9 Å². The summed E-state index contributed by atoms with van der Waals surface area (Å²) in [5.41, 5.74) is 1.61. The zero-order chi connectivity index (χ0) is 14.4. The van der Waals surface area contributed by atoms with Gasteiger partial charge in [0.1, 0.15) is 0 Å². The van der Waals surface area contributed by atoms with Crippen LogP contribution in [0.1, 0.15) is 24.5 Å². The Morgan fingerprint density at radius 1 is 1.05 bits per heavy atom. The van der Waals surface area contributed by atoms with E-state index in [0.29, 0.717) is 6.42 Å². The second kappa shape index (κ2) is 6.23. The zero-order valence-electron chi connectivity index (χ0n) is 11.6. The lowest BCUT2D eigenvalue weighted by atomic mass is 9.89. The highest BCUT2D eigenvalue weighted by Crippen LogP contribution is 2.26. The molecule has 2 aromatic rings. The van der Waals surface area contributed by atoms with Gasteiger partial charge in [0.25, 0.3) is 0 Å². The molecule has 0 aliphatic carbocycles. The molecule has 1 nitrogen and oxygen atoms in total. The van der Waals surface area contributed by atoms with Crippen LogP contribution in [0, 0.1) is 11.8 Å². The average molecular weight is 262 g/mol. The van der Waals surface area contributed by atoms with Gasteiger partial charge in [0, 0.05) is 12.0 Å². The Bertz CT molecular complexity index is 628. The molecule has 100 valence electrons. The summed E-state index contributed by atoms with van der Waals surface area (Å²) in [5.74, 6) is 6.08. The molecule has 0 fully saturated rings. The summed E-state index contributed by atoms with van der Waals surface area (Å²) < 4.78 is 0. The Morgan fingerprint density at radius 2 is 1.60 bits per heavy atom. The van der Waals surface area contributed by atoms with Crippen molar-refractivity contribution in [2.24, 2.45) is 0 Å². The first kappa shape index (κ1) is 14.1. The van der Waals surface area contributed by atoms with E-state index in [4.69, 9.17) is 0 Å². The Kier molecular flexibility index (Phi) is 4.40. The van der Waals surface area contributed by atoms with Gasteiger partial charge in [-0.1, -0.05) is 67.0 Å². The summed E-state index contributed by atoms with van der Waals surface area (Å²) in [6.45, 7) is 5.74. The monoisotopic (exact) mass is 262 g/mol. The largest absolute Gasteiger partial charge is 0.385 e. The van der Waals surface area contributed by atoms with E-state index in [0.717, 1.165) is 16.7 Å². The second-order valence-electron chi connectivity index (χ2n) is 5.04. The third-order valence-electron chi connectivity index (χ3n) is 3.11. The van der Waals surface area contributed by atoms with Crippen LogP contribution >= 0.6 is 0 Å². The first-order valence-corrected chi connectivity index (χ1v) is 6.61. The summed E-state index contributed by atoms with van der Waals surface area (Å²) in [7, 11) is 0. The Hall–Kier alpha value is -2.30. The normalized spacial score (nSPS) is 12.9. The van der Waals surface area contributed by atoms with E-state index < -0.39 is 5.60 Å². The van der Waals surface area contributed by atoms with Crippen LogP contribution in [0.2, 0.25) is 0 Å². The van der Waals surface area contributed by atoms with Gasteiger partial charge in [-0.3, -0.25) is 0 Å². The van der Waals surface area contributed by atoms with Crippen molar-refractivity contribution >= 4 is 0 Å². The van der Waals surface area contributed by atoms with Crippen LogP contribution in [0.15, 0.2) is 72.8 Å². The molecule has 2 aromatic carbocycles. The number of aliphatic hydroxyl groups is 1. The van der Waals surface area contributed by atoms with Crippen molar-refractivity contribution in [1.82, 2.24) is 0 Å². The SMILES string of the molecule is C=C(C#Cc1ccccc1)CC(C)(O)c1ccccc1. The van der Waals surface area contributed by atoms with E-state index in [-0.39, 0.29) is 0 Å². The number of hydrogen-bond donors (Lipinski definition) is 1. The van der Waals surface area contributed by atoms with Crippen molar-refractivity contribution in [3.63, 3.8) is 0 Å². The molecule has 1 unspecified atom stereocenters. The fourth-order valence-electron chi connectivity index (χ4n) is 2.04. The van der Waals surface area contributed by atoms with Gasteiger partial charge in [-0.25, -0.2) is 0 Å².